The summed E-state index contributed by atoms with van der Waals surface area (Å²) in [6, 6.07) is 6.31. The van der Waals surface area contributed by atoms with Crippen molar-refractivity contribution in [1.82, 2.24) is 14.6 Å². The molecule has 3 rings (SSSR count). The number of pyridine rings is 1. The lowest BCUT2D eigenvalue weighted by molar-refractivity contribution is -0.383. The van der Waals surface area contributed by atoms with Gasteiger partial charge in [0.1, 0.15) is 0 Å². The largest absolute Gasteiger partial charge is 0.446 e. The molecule has 3 aromatic rings. The van der Waals surface area contributed by atoms with Crippen LogP contribution in [-0.4, -0.2) is 19.5 Å². The number of aromatic nitrogens is 3. The molecule has 0 spiro atoms. The Bertz CT molecular complexity index is 749. The zero-order valence-corrected chi connectivity index (χ0v) is 10.4. The summed E-state index contributed by atoms with van der Waals surface area (Å²) in [5.74, 6) is 0.745. The second-order valence-electron chi connectivity index (χ2n) is 3.46. The first-order valence-corrected chi connectivity index (χ1v) is 5.70. The summed E-state index contributed by atoms with van der Waals surface area (Å²) in [6.45, 7) is 0. The van der Waals surface area contributed by atoms with E-state index < -0.39 is 4.92 Å². The molecule has 0 radical (unpaired) electrons. The molecular formula is C10H5BrN4O3. The van der Waals surface area contributed by atoms with E-state index in [1.54, 1.807) is 24.4 Å². The third kappa shape index (κ3) is 1.66. The van der Waals surface area contributed by atoms with Gasteiger partial charge in [0.2, 0.25) is 11.5 Å². The molecule has 0 saturated heterocycles. The van der Waals surface area contributed by atoms with Crippen LogP contribution < -0.4 is 0 Å². The Morgan fingerprint density at radius 3 is 2.89 bits per heavy atom. The molecule has 0 amide bonds. The van der Waals surface area contributed by atoms with Crippen LogP contribution in [-0.2, 0) is 0 Å². The summed E-state index contributed by atoms with van der Waals surface area (Å²) < 4.78 is 7.21. The Morgan fingerprint density at radius 2 is 2.22 bits per heavy atom. The molecule has 0 saturated carbocycles. The molecule has 0 aliphatic heterocycles. The lowest BCUT2D eigenvalue weighted by Gasteiger charge is -1.91. The van der Waals surface area contributed by atoms with Crippen molar-refractivity contribution in [2.45, 2.75) is 0 Å². The molecule has 0 N–H and O–H groups in total. The highest BCUT2D eigenvalue weighted by Gasteiger charge is 2.18. The van der Waals surface area contributed by atoms with E-state index in [2.05, 4.69) is 26.0 Å². The molecule has 0 aliphatic carbocycles. The maximum absolute atomic E-state index is 10.9. The van der Waals surface area contributed by atoms with Crippen LogP contribution in [0.1, 0.15) is 0 Å². The smallest absolute Gasteiger partial charge is 0.313 e. The van der Waals surface area contributed by atoms with Crippen LogP contribution in [0.5, 0.6) is 0 Å². The molecule has 18 heavy (non-hydrogen) atoms. The maximum Gasteiger partial charge on any atom is 0.313 e. The highest BCUT2D eigenvalue weighted by molar-refractivity contribution is 9.10. The highest BCUT2D eigenvalue weighted by atomic mass is 79.9. The van der Waals surface area contributed by atoms with Gasteiger partial charge in [0.05, 0.1) is 4.92 Å². The fourth-order valence-corrected chi connectivity index (χ4v) is 1.88. The van der Waals surface area contributed by atoms with Gasteiger partial charge in [-0.15, -0.1) is 5.10 Å². The molecule has 0 bridgehead atoms. The van der Waals surface area contributed by atoms with Crippen molar-refractivity contribution < 1.29 is 9.34 Å². The molecule has 7 nitrogen and oxygen atoms in total. The summed E-state index contributed by atoms with van der Waals surface area (Å²) in [4.78, 5) is 14.5. The number of hydrogen-bond acceptors (Lipinski definition) is 5. The number of furan rings is 1. The minimum Gasteiger partial charge on any atom is -0.446 e. The quantitative estimate of drug-likeness (QED) is 0.536. The van der Waals surface area contributed by atoms with Gasteiger partial charge < -0.3 is 4.42 Å². The fourth-order valence-electron chi connectivity index (χ4n) is 1.57. The summed E-state index contributed by atoms with van der Waals surface area (Å²) >= 11 is 3.17. The van der Waals surface area contributed by atoms with Crippen molar-refractivity contribution in [3.05, 3.63) is 45.2 Å². The van der Waals surface area contributed by atoms with Crippen LogP contribution in [0.3, 0.4) is 0 Å². The van der Waals surface area contributed by atoms with Gasteiger partial charge in [0.25, 0.3) is 0 Å². The number of halogens is 1. The normalized spacial score (nSPS) is 10.9. The van der Waals surface area contributed by atoms with Gasteiger partial charge in [-0.1, -0.05) is 0 Å². The summed E-state index contributed by atoms with van der Waals surface area (Å²) in [6.07, 6.45) is 1.59. The first-order chi connectivity index (χ1) is 8.65. The van der Waals surface area contributed by atoms with E-state index >= 15 is 0 Å². The van der Waals surface area contributed by atoms with Crippen LogP contribution in [0.15, 0.2) is 39.5 Å². The van der Waals surface area contributed by atoms with E-state index in [9.17, 15) is 10.1 Å². The average molecular weight is 309 g/mol. The minimum atomic E-state index is -0.494. The SMILES string of the molecule is O=[N+]([O-])c1cccn2nc(-c3ccc(Br)o3)nc12. The van der Waals surface area contributed by atoms with Crippen LogP contribution in [0.25, 0.3) is 17.2 Å². The van der Waals surface area contributed by atoms with Crippen LogP contribution >= 0.6 is 15.9 Å². The molecule has 0 aliphatic rings. The second-order valence-corrected chi connectivity index (χ2v) is 4.24. The van der Waals surface area contributed by atoms with E-state index in [1.807, 2.05) is 0 Å². The molecule has 90 valence electrons. The molecule has 3 heterocycles. The Kier molecular flexibility index (Phi) is 2.37. The third-order valence-corrected chi connectivity index (χ3v) is 2.76. The number of nitrogens with zero attached hydrogens (tertiary/aromatic N) is 4. The van der Waals surface area contributed by atoms with Crippen LogP contribution in [0, 0.1) is 10.1 Å². The Hall–Kier alpha value is -2.22. The molecule has 0 unspecified atom stereocenters. The van der Waals surface area contributed by atoms with Gasteiger partial charge >= 0.3 is 5.69 Å². The topological polar surface area (TPSA) is 86.5 Å². The zero-order chi connectivity index (χ0) is 12.7. The zero-order valence-electron chi connectivity index (χ0n) is 8.78. The Morgan fingerprint density at radius 1 is 1.39 bits per heavy atom. The summed E-state index contributed by atoms with van der Waals surface area (Å²) in [7, 11) is 0. The highest BCUT2D eigenvalue weighted by Crippen LogP contribution is 2.25. The van der Waals surface area contributed by atoms with Gasteiger partial charge in [-0.05, 0) is 34.1 Å². The van der Waals surface area contributed by atoms with E-state index in [0.717, 1.165) is 0 Å². The molecule has 0 atom stereocenters. The van der Waals surface area contributed by atoms with Gasteiger partial charge in [0.15, 0.2) is 10.4 Å². The van der Waals surface area contributed by atoms with Gasteiger partial charge in [-0.25, -0.2) is 4.52 Å². The van der Waals surface area contributed by atoms with E-state index in [-0.39, 0.29) is 11.3 Å². The number of nitro groups is 1. The standard InChI is InChI=1S/C10H5BrN4O3/c11-8-4-3-7(18-8)9-12-10-6(15(16)17)2-1-5-14(10)13-9/h1-5H. The van der Waals surface area contributed by atoms with Crippen molar-refractivity contribution in [1.29, 1.82) is 0 Å². The molecule has 0 aromatic carbocycles. The third-order valence-electron chi connectivity index (χ3n) is 2.33. The fraction of sp³-hybridized carbons (Fsp3) is 0. The number of hydrogen-bond donors (Lipinski definition) is 0. The van der Waals surface area contributed by atoms with Crippen molar-refractivity contribution in [3.63, 3.8) is 0 Å². The van der Waals surface area contributed by atoms with Crippen molar-refractivity contribution in [3.8, 4) is 11.6 Å². The lowest BCUT2D eigenvalue weighted by atomic mass is 10.4. The summed E-state index contributed by atoms with van der Waals surface area (Å²) in [5, 5.41) is 15.0. The molecule has 0 fully saturated rings. The second kappa shape index (κ2) is 3.91. The predicted molar refractivity (Wildman–Crippen MR) is 65.0 cm³/mol. The first-order valence-electron chi connectivity index (χ1n) is 4.90. The van der Waals surface area contributed by atoms with E-state index in [4.69, 9.17) is 4.42 Å². The Labute approximate surface area is 108 Å². The molecule has 3 aromatic heterocycles. The average Bonchev–Trinajstić information content (AvgIpc) is 2.93. The van der Waals surface area contributed by atoms with Gasteiger partial charge in [-0.2, -0.15) is 4.98 Å². The number of fused-ring (bicyclic) bond motifs is 1. The van der Waals surface area contributed by atoms with Crippen molar-refractivity contribution in [2.24, 2.45) is 0 Å². The monoisotopic (exact) mass is 308 g/mol. The van der Waals surface area contributed by atoms with Gasteiger partial charge in [0, 0.05) is 12.3 Å². The molecule has 8 heteroatoms. The predicted octanol–water partition coefficient (Wildman–Crippen LogP) is 2.66. The van der Waals surface area contributed by atoms with Crippen LogP contribution in [0.4, 0.5) is 5.69 Å². The van der Waals surface area contributed by atoms with Gasteiger partial charge in [-0.3, -0.25) is 10.1 Å². The van der Waals surface area contributed by atoms with E-state index in [0.29, 0.717) is 16.3 Å². The van der Waals surface area contributed by atoms with Crippen molar-refractivity contribution in [2.75, 3.05) is 0 Å². The summed E-state index contributed by atoms with van der Waals surface area (Å²) in [5.41, 5.74) is 0.0897. The lowest BCUT2D eigenvalue weighted by Crippen LogP contribution is -1.93. The number of rotatable bonds is 2. The Balaban J connectivity index is 2.22. The molecular weight excluding hydrogens is 304 g/mol. The minimum absolute atomic E-state index is 0.0955. The maximum atomic E-state index is 10.9. The first kappa shape index (κ1) is 10.9. The van der Waals surface area contributed by atoms with Crippen molar-refractivity contribution >= 4 is 27.3 Å². The van der Waals surface area contributed by atoms with E-state index in [1.165, 1.54) is 10.6 Å². The van der Waals surface area contributed by atoms with Crippen LogP contribution in [0.2, 0.25) is 0 Å².